The van der Waals surface area contributed by atoms with Gasteiger partial charge < -0.3 is 5.11 Å². The molecule has 0 bridgehead atoms. The summed E-state index contributed by atoms with van der Waals surface area (Å²) < 4.78 is 78.1. The van der Waals surface area contributed by atoms with Crippen LogP contribution in [0.1, 0.15) is 41.0 Å². The van der Waals surface area contributed by atoms with E-state index in [1.807, 2.05) is 0 Å². The molecule has 0 aliphatic heterocycles. The molecule has 1 N–H and O–H groups in total. The Hall–Kier alpha value is -2.58. The molecule has 0 spiro atoms. The van der Waals surface area contributed by atoms with Gasteiger partial charge in [0.15, 0.2) is 5.69 Å². The van der Waals surface area contributed by atoms with Gasteiger partial charge in [-0.15, -0.1) is 0 Å². The summed E-state index contributed by atoms with van der Waals surface area (Å²) in [6, 6.07) is 4.66. The van der Waals surface area contributed by atoms with Crippen LogP contribution in [0, 0.1) is 5.92 Å². The summed E-state index contributed by atoms with van der Waals surface area (Å²) in [5, 5.41) is 9.25. The molecule has 3 nitrogen and oxygen atoms in total. The van der Waals surface area contributed by atoms with Gasteiger partial charge in [-0.25, -0.2) is 9.78 Å². The Kier molecular flexibility index (Phi) is 5.53. The first kappa shape index (κ1) is 20.7. The third kappa shape index (κ3) is 4.78. The second kappa shape index (κ2) is 7.21. The van der Waals surface area contributed by atoms with Crippen molar-refractivity contribution in [3.63, 3.8) is 0 Å². The Morgan fingerprint density at radius 2 is 1.59 bits per heavy atom. The van der Waals surface area contributed by atoms with Crippen molar-refractivity contribution in [2.45, 2.75) is 32.6 Å². The third-order valence-corrected chi connectivity index (χ3v) is 3.72. The Labute approximate surface area is 150 Å². The number of halogens is 6. The first-order chi connectivity index (χ1) is 12.3. The lowest BCUT2D eigenvalue weighted by molar-refractivity contribution is -0.141. The van der Waals surface area contributed by atoms with E-state index in [9.17, 15) is 36.2 Å². The molecule has 0 unspecified atom stereocenters. The minimum atomic E-state index is -5.03. The molecule has 0 atom stereocenters. The molecule has 1 aromatic heterocycles. The number of hydrogen-bond acceptors (Lipinski definition) is 2. The fraction of sp³-hybridized carbons (Fsp3) is 0.333. The van der Waals surface area contributed by atoms with Crippen LogP contribution >= 0.6 is 0 Å². The molecule has 0 aliphatic rings. The van der Waals surface area contributed by atoms with Crippen LogP contribution in [-0.2, 0) is 18.8 Å². The molecule has 1 aromatic carbocycles. The predicted molar refractivity (Wildman–Crippen MR) is 85.2 cm³/mol. The van der Waals surface area contributed by atoms with Crippen molar-refractivity contribution in [3.05, 3.63) is 52.7 Å². The summed E-state index contributed by atoms with van der Waals surface area (Å²) in [6.45, 7) is 3.41. The van der Waals surface area contributed by atoms with Crippen LogP contribution in [0.5, 0.6) is 0 Å². The number of hydrogen-bond donors (Lipinski definition) is 1. The van der Waals surface area contributed by atoms with E-state index in [0.717, 1.165) is 24.3 Å². The number of benzene rings is 1. The van der Waals surface area contributed by atoms with E-state index in [1.54, 1.807) is 13.8 Å². The van der Waals surface area contributed by atoms with Crippen molar-refractivity contribution in [1.82, 2.24) is 4.98 Å². The summed E-state index contributed by atoms with van der Waals surface area (Å²) in [7, 11) is 0. The smallest absolute Gasteiger partial charge is 0.434 e. The second-order valence-corrected chi connectivity index (χ2v) is 6.37. The van der Waals surface area contributed by atoms with Gasteiger partial charge in [-0.3, -0.25) is 0 Å². The number of rotatable bonds is 4. The summed E-state index contributed by atoms with van der Waals surface area (Å²) >= 11 is 0. The molecule has 9 heteroatoms. The molecule has 0 aliphatic carbocycles. The lowest BCUT2D eigenvalue weighted by Gasteiger charge is -2.17. The number of carbonyl (C=O) groups is 1. The largest absolute Gasteiger partial charge is 0.478 e. The van der Waals surface area contributed by atoms with Gasteiger partial charge in [0, 0.05) is 5.56 Å². The molecule has 0 saturated heterocycles. The molecule has 2 aromatic rings. The van der Waals surface area contributed by atoms with Crippen molar-refractivity contribution >= 4 is 5.97 Å². The van der Waals surface area contributed by atoms with Crippen LogP contribution in [0.2, 0.25) is 0 Å². The van der Waals surface area contributed by atoms with E-state index in [4.69, 9.17) is 0 Å². The van der Waals surface area contributed by atoms with Crippen molar-refractivity contribution in [2.24, 2.45) is 5.92 Å². The van der Waals surface area contributed by atoms with Gasteiger partial charge >= 0.3 is 18.3 Å². The van der Waals surface area contributed by atoms with Gasteiger partial charge in [-0.05, 0) is 36.1 Å². The Morgan fingerprint density at radius 1 is 1.04 bits per heavy atom. The molecule has 1 heterocycles. The monoisotopic (exact) mass is 391 g/mol. The zero-order valence-electron chi connectivity index (χ0n) is 14.2. The SMILES string of the molecule is CC(C)Cc1cc(-c2ccc(C(F)(F)F)cc2)nc(C(F)(F)F)c1C(=O)O. The van der Waals surface area contributed by atoms with Crippen LogP contribution in [0.25, 0.3) is 11.3 Å². The van der Waals surface area contributed by atoms with E-state index in [0.29, 0.717) is 0 Å². The minimum absolute atomic E-state index is 0.0236. The fourth-order valence-electron chi connectivity index (χ4n) is 2.62. The maximum atomic E-state index is 13.4. The zero-order chi connectivity index (χ0) is 20.6. The van der Waals surface area contributed by atoms with Crippen LogP contribution in [0.4, 0.5) is 26.3 Å². The average Bonchev–Trinajstić information content (AvgIpc) is 2.51. The molecule has 0 saturated carbocycles. The highest BCUT2D eigenvalue weighted by molar-refractivity contribution is 5.91. The maximum absolute atomic E-state index is 13.4. The van der Waals surface area contributed by atoms with Crippen LogP contribution in [0.15, 0.2) is 30.3 Å². The van der Waals surface area contributed by atoms with Crippen molar-refractivity contribution in [3.8, 4) is 11.3 Å². The first-order valence-corrected chi connectivity index (χ1v) is 7.82. The van der Waals surface area contributed by atoms with Crippen LogP contribution < -0.4 is 0 Å². The maximum Gasteiger partial charge on any atom is 0.434 e. The summed E-state index contributed by atoms with van der Waals surface area (Å²) in [6.07, 6.45) is -9.57. The lowest BCUT2D eigenvalue weighted by atomic mass is 9.94. The van der Waals surface area contributed by atoms with E-state index < -0.39 is 35.1 Å². The van der Waals surface area contributed by atoms with Crippen molar-refractivity contribution in [1.29, 1.82) is 0 Å². The molecule has 27 heavy (non-hydrogen) atoms. The second-order valence-electron chi connectivity index (χ2n) is 6.37. The quantitative estimate of drug-likeness (QED) is 0.682. The highest BCUT2D eigenvalue weighted by atomic mass is 19.4. The van der Waals surface area contributed by atoms with E-state index >= 15 is 0 Å². The molecule has 2 rings (SSSR count). The average molecular weight is 391 g/mol. The molecular weight excluding hydrogens is 376 g/mol. The number of carboxylic acids is 1. The summed E-state index contributed by atoms with van der Waals surface area (Å²) in [5.74, 6) is -1.91. The zero-order valence-corrected chi connectivity index (χ0v) is 14.2. The molecular formula is C18H15F6NO2. The number of carboxylic acid groups (broad SMARTS) is 1. The van der Waals surface area contributed by atoms with E-state index in [2.05, 4.69) is 4.98 Å². The van der Waals surface area contributed by atoms with Gasteiger partial charge in [-0.1, -0.05) is 26.0 Å². The fourth-order valence-corrected chi connectivity index (χ4v) is 2.62. The number of aromatic carboxylic acids is 1. The number of nitrogens with zero attached hydrogens (tertiary/aromatic N) is 1. The third-order valence-electron chi connectivity index (χ3n) is 3.72. The number of alkyl halides is 6. The van der Waals surface area contributed by atoms with Gasteiger partial charge in [0.2, 0.25) is 0 Å². The van der Waals surface area contributed by atoms with Gasteiger partial charge in [0.25, 0.3) is 0 Å². The van der Waals surface area contributed by atoms with Gasteiger partial charge in [-0.2, -0.15) is 26.3 Å². The molecule has 0 fully saturated rings. The number of aromatic nitrogens is 1. The summed E-state index contributed by atoms with van der Waals surface area (Å²) in [5.41, 5.74) is -3.75. The highest BCUT2D eigenvalue weighted by Gasteiger charge is 2.39. The Balaban J connectivity index is 2.68. The molecule has 0 amide bonds. The van der Waals surface area contributed by atoms with E-state index in [-0.39, 0.29) is 29.2 Å². The summed E-state index contributed by atoms with van der Waals surface area (Å²) in [4.78, 5) is 14.8. The van der Waals surface area contributed by atoms with Gasteiger partial charge in [0.1, 0.15) is 0 Å². The van der Waals surface area contributed by atoms with Crippen LogP contribution in [0.3, 0.4) is 0 Å². The molecule has 146 valence electrons. The first-order valence-electron chi connectivity index (χ1n) is 7.82. The Morgan fingerprint density at radius 3 is 2.00 bits per heavy atom. The van der Waals surface area contributed by atoms with Crippen molar-refractivity contribution in [2.75, 3.05) is 0 Å². The normalized spacial score (nSPS) is 12.5. The number of pyridine rings is 1. The molecule has 0 radical (unpaired) electrons. The minimum Gasteiger partial charge on any atom is -0.478 e. The Bertz CT molecular complexity index is 839. The van der Waals surface area contributed by atoms with Crippen molar-refractivity contribution < 1.29 is 36.2 Å². The predicted octanol–water partition coefficient (Wildman–Crippen LogP) is 5.68. The van der Waals surface area contributed by atoms with Gasteiger partial charge in [0.05, 0.1) is 16.8 Å². The lowest BCUT2D eigenvalue weighted by Crippen LogP contribution is -2.19. The standard InChI is InChI=1S/C18H15F6NO2/c1-9(2)7-11-8-13(10-3-5-12(6-4-10)17(19,20)21)25-15(18(22,23)24)14(11)16(26)27/h3-6,8-9H,7H2,1-2H3,(H,26,27). The highest BCUT2D eigenvalue weighted by Crippen LogP contribution is 2.36. The van der Waals surface area contributed by atoms with E-state index in [1.165, 1.54) is 6.07 Å². The topological polar surface area (TPSA) is 50.2 Å². The van der Waals surface area contributed by atoms with Crippen LogP contribution in [-0.4, -0.2) is 16.1 Å².